The van der Waals surface area contributed by atoms with E-state index in [4.69, 9.17) is 0 Å². The second-order valence-electron chi connectivity index (χ2n) is 7.99. The molecular weight excluding hydrogens is 531 g/mol. The smallest absolute Gasteiger partial charge is 0.333 e. The summed E-state index contributed by atoms with van der Waals surface area (Å²) in [5, 5.41) is 6.00. The van der Waals surface area contributed by atoms with Crippen LogP contribution in [0.15, 0.2) is 88.4 Å². The van der Waals surface area contributed by atoms with Gasteiger partial charge in [0.2, 0.25) is 0 Å². The van der Waals surface area contributed by atoms with E-state index in [0.29, 0.717) is 16.7 Å². The molecule has 0 radical (unpaired) electrons. The monoisotopic (exact) mass is 550 g/mol. The van der Waals surface area contributed by atoms with Gasteiger partial charge in [-0.05, 0) is 65.5 Å². The second kappa shape index (κ2) is 10.0. The van der Waals surface area contributed by atoms with Crippen molar-refractivity contribution in [1.82, 2.24) is 19.3 Å². The highest BCUT2D eigenvalue weighted by atomic mass is 32.2. The third-order valence-corrected chi connectivity index (χ3v) is 8.29. The largest absolute Gasteiger partial charge is 0.388 e. The third-order valence-electron chi connectivity index (χ3n) is 5.59. The van der Waals surface area contributed by atoms with Gasteiger partial charge in [0.15, 0.2) is 5.13 Å². The number of pyridine rings is 3. The van der Waals surface area contributed by atoms with Gasteiger partial charge in [0.25, 0.3) is 15.6 Å². The van der Waals surface area contributed by atoms with E-state index in [1.807, 2.05) is 29.0 Å². The Kier molecular flexibility index (Phi) is 6.61. The number of aromatic nitrogens is 3. The van der Waals surface area contributed by atoms with Crippen molar-refractivity contribution in [3.63, 3.8) is 0 Å². The fourth-order valence-corrected chi connectivity index (χ4v) is 5.71. The first kappa shape index (κ1) is 25.0. The van der Waals surface area contributed by atoms with Gasteiger partial charge in [-0.3, -0.25) is 14.3 Å². The molecule has 38 heavy (non-hydrogen) atoms. The lowest BCUT2D eigenvalue weighted by Crippen LogP contribution is -2.34. The quantitative estimate of drug-likeness (QED) is 0.288. The van der Waals surface area contributed by atoms with Crippen LogP contribution in [0, 0.1) is 5.13 Å². The summed E-state index contributed by atoms with van der Waals surface area (Å²) >= 11 is 0.397. The van der Waals surface area contributed by atoms with Gasteiger partial charge in [0.1, 0.15) is 10.0 Å². The molecule has 0 aliphatic rings. The molecule has 192 valence electrons. The maximum atomic E-state index is 13.4. The van der Waals surface area contributed by atoms with E-state index in [1.165, 1.54) is 22.9 Å². The van der Waals surface area contributed by atoms with Gasteiger partial charge in [0.05, 0.1) is 11.9 Å². The van der Waals surface area contributed by atoms with Gasteiger partial charge in [-0.25, -0.2) is 22.9 Å². The number of sulfonamides is 1. The molecule has 5 rings (SSSR count). The van der Waals surface area contributed by atoms with Gasteiger partial charge < -0.3 is 10.6 Å². The topological polar surface area (TPSA) is 135 Å². The number of carbonyl (C=O) groups is 1. The molecule has 4 heterocycles. The lowest BCUT2D eigenvalue weighted by molar-refractivity contribution is 0.256. The van der Waals surface area contributed by atoms with Crippen LogP contribution < -0.4 is 20.9 Å². The number of urea groups is 1. The maximum absolute atomic E-state index is 13.4. The number of amides is 2. The molecule has 1 aromatic carbocycles. The van der Waals surface area contributed by atoms with E-state index in [1.54, 1.807) is 31.7 Å². The van der Waals surface area contributed by atoms with Crippen LogP contribution in [-0.2, 0) is 10.0 Å². The lowest BCUT2D eigenvalue weighted by atomic mass is 10.0. The fraction of sp³-hybridized carbons (Fsp3) is 0.0400. The van der Waals surface area contributed by atoms with E-state index < -0.39 is 21.2 Å². The fourth-order valence-electron chi connectivity index (χ4n) is 3.80. The standard InChI is InChI=1S/C25H19FN6O4S2/c1-27-16-2-4-18-19(12-16)20(15-8-10-28-11-9-15)14-32(24(18)33)22-6-3-17(13-29-22)30-25(34)31-38(35,36)23-7-5-21(26)37-23/h2-14,27H,1H3,(H2,30,31,34). The predicted molar refractivity (Wildman–Crippen MR) is 144 cm³/mol. The van der Waals surface area contributed by atoms with Crippen molar-refractivity contribution in [2.24, 2.45) is 0 Å². The van der Waals surface area contributed by atoms with Gasteiger partial charge >= 0.3 is 6.03 Å². The first-order valence-corrected chi connectivity index (χ1v) is 13.4. The zero-order valence-electron chi connectivity index (χ0n) is 19.7. The number of hydrogen-bond acceptors (Lipinski definition) is 8. The molecule has 0 aliphatic heterocycles. The number of nitrogens with one attached hydrogen (secondary N) is 3. The number of anilines is 2. The number of hydrogen-bond donors (Lipinski definition) is 3. The number of rotatable bonds is 6. The summed E-state index contributed by atoms with van der Waals surface area (Å²) in [6, 6.07) is 13.1. The minimum atomic E-state index is -4.23. The highest BCUT2D eigenvalue weighted by Crippen LogP contribution is 2.29. The maximum Gasteiger partial charge on any atom is 0.333 e. The van der Waals surface area contributed by atoms with E-state index in [0.717, 1.165) is 34.3 Å². The van der Waals surface area contributed by atoms with Crippen LogP contribution in [-0.4, -0.2) is 36.0 Å². The predicted octanol–water partition coefficient (Wildman–Crippen LogP) is 4.20. The Morgan fingerprint density at radius 1 is 1.00 bits per heavy atom. The molecule has 0 spiro atoms. The van der Waals surface area contributed by atoms with E-state index in [9.17, 15) is 22.4 Å². The van der Waals surface area contributed by atoms with Crippen LogP contribution >= 0.6 is 11.3 Å². The zero-order chi connectivity index (χ0) is 26.9. The SMILES string of the molecule is CNc1ccc2c(=O)n(-c3ccc(NC(=O)NS(=O)(=O)c4ccc(F)s4)cn3)cc(-c3ccncc3)c2c1. The van der Waals surface area contributed by atoms with Crippen LogP contribution in [0.2, 0.25) is 0 Å². The molecule has 10 nitrogen and oxygen atoms in total. The Labute approximate surface area is 219 Å². The van der Waals surface area contributed by atoms with E-state index >= 15 is 0 Å². The van der Waals surface area contributed by atoms with E-state index in [-0.39, 0.29) is 21.3 Å². The molecule has 0 bridgehead atoms. The highest BCUT2D eigenvalue weighted by Gasteiger charge is 2.20. The third kappa shape index (κ3) is 4.96. The highest BCUT2D eigenvalue weighted by molar-refractivity contribution is 7.92. The summed E-state index contributed by atoms with van der Waals surface area (Å²) in [6.45, 7) is 0. The first-order valence-electron chi connectivity index (χ1n) is 11.1. The van der Waals surface area contributed by atoms with Crippen molar-refractivity contribution < 1.29 is 17.6 Å². The van der Waals surface area contributed by atoms with Crippen molar-refractivity contribution >= 4 is 49.5 Å². The van der Waals surface area contributed by atoms with Crippen LogP contribution in [0.1, 0.15) is 0 Å². The molecule has 0 fully saturated rings. The average molecular weight is 551 g/mol. The summed E-state index contributed by atoms with van der Waals surface area (Å²) in [7, 11) is -2.43. The van der Waals surface area contributed by atoms with E-state index in [2.05, 4.69) is 20.6 Å². The molecule has 13 heteroatoms. The van der Waals surface area contributed by atoms with Gasteiger partial charge in [-0.2, -0.15) is 4.39 Å². The number of carbonyl (C=O) groups excluding carboxylic acids is 1. The Morgan fingerprint density at radius 3 is 2.42 bits per heavy atom. The van der Waals surface area contributed by atoms with Crippen LogP contribution in [0.4, 0.5) is 20.6 Å². The Hall–Kier alpha value is -4.62. The number of benzene rings is 1. The van der Waals surface area contributed by atoms with Crippen molar-refractivity contribution in [3.05, 3.63) is 94.9 Å². The van der Waals surface area contributed by atoms with Crippen LogP contribution in [0.3, 0.4) is 0 Å². The van der Waals surface area contributed by atoms with Crippen molar-refractivity contribution in [3.8, 4) is 16.9 Å². The normalized spacial score (nSPS) is 11.3. The van der Waals surface area contributed by atoms with Crippen LogP contribution in [0.25, 0.3) is 27.7 Å². The molecular formula is C25H19FN6O4S2. The van der Waals surface area contributed by atoms with Crippen LogP contribution in [0.5, 0.6) is 0 Å². The molecule has 0 aliphatic carbocycles. The number of nitrogens with zero attached hydrogens (tertiary/aromatic N) is 3. The van der Waals surface area contributed by atoms with Gasteiger partial charge in [-0.1, -0.05) is 11.3 Å². The first-order chi connectivity index (χ1) is 18.2. The molecule has 4 aromatic heterocycles. The van der Waals surface area contributed by atoms with Crippen molar-refractivity contribution in [2.45, 2.75) is 4.21 Å². The zero-order valence-corrected chi connectivity index (χ0v) is 21.3. The minimum absolute atomic E-state index is 0.181. The summed E-state index contributed by atoms with van der Waals surface area (Å²) in [4.78, 5) is 34.0. The van der Waals surface area contributed by atoms with Crippen molar-refractivity contribution in [2.75, 3.05) is 17.7 Å². The number of halogens is 1. The summed E-state index contributed by atoms with van der Waals surface area (Å²) < 4.78 is 40.5. The van der Waals surface area contributed by atoms with Gasteiger partial charge in [0, 0.05) is 42.3 Å². The molecule has 3 N–H and O–H groups in total. The Morgan fingerprint density at radius 2 is 1.76 bits per heavy atom. The lowest BCUT2D eigenvalue weighted by Gasteiger charge is -2.14. The molecule has 0 atom stereocenters. The molecule has 0 saturated carbocycles. The minimum Gasteiger partial charge on any atom is -0.388 e. The number of fused-ring (bicyclic) bond motifs is 1. The van der Waals surface area contributed by atoms with Gasteiger partial charge in [-0.15, -0.1) is 0 Å². The summed E-state index contributed by atoms with van der Waals surface area (Å²) in [6.07, 6.45) is 6.31. The molecule has 5 aromatic rings. The Bertz CT molecular complexity index is 1820. The number of thiophene rings is 1. The van der Waals surface area contributed by atoms with Crippen molar-refractivity contribution in [1.29, 1.82) is 0 Å². The Balaban J connectivity index is 1.46. The summed E-state index contributed by atoms with van der Waals surface area (Å²) in [5.41, 5.74) is 2.39. The molecule has 0 unspecified atom stereocenters. The molecule has 0 saturated heterocycles. The summed E-state index contributed by atoms with van der Waals surface area (Å²) in [5.74, 6) is 0.289. The average Bonchev–Trinajstić information content (AvgIpc) is 3.37. The molecule has 2 amide bonds. The second-order valence-corrected chi connectivity index (χ2v) is 10.9.